The summed E-state index contributed by atoms with van der Waals surface area (Å²) in [5.74, 6) is 0.595. The zero-order valence-corrected chi connectivity index (χ0v) is 11.8. The number of thiazole rings is 1. The van der Waals surface area contributed by atoms with Crippen molar-refractivity contribution in [3.8, 4) is 0 Å². The first-order valence-electron chi connectivity index (χ1n) is 5.62. The van der Waals surface area contributed by atoms with E-state index in [0.29, 0.717) is 5.75 Å². The first-order valence-corrected chi connectivity index (χ1v) is 7.43. The van der Waals surface area contributed by atoms with E-state index >= 15 is 0 Å². The normalized spacial score (nSPS) is 12.6. The molecule has 2 heterocycles. The Kier molecular flexibility index (Phi) is 2.80. The van der Waals surface area contributed by atoms with Crippen LogP contribution in [0.25, 0.3) is 15.2 Å². The van der Waals surface area contributed by atoms with Crippen LogP contribution in [0.4, 0.5) is 0 Å². The lowest BCUT2D eigenvalue weighted by Gasteiger charge is -2.14. The molecule has 0 aliphatic carbocycles. The number of fused-ring (bicyclic) bond motifs is 3. The van der Waals surface area contributed by atoms with Crippen LogP contribution in [0.2, 0.25) is 0 Å². The van der Waals surface area contributed by atoms with Crippen LogP contribution in [-0.4, -0.2) is 31.1 Å². The summed E-state index contributed by atoms with van der Waals surface area (Å²) in [5.41, 5.74) is 0.420. The van der Waals surface area contributed by atoms with E-state index in [0.717, 1.165) is 15.6 Å². The fraction of sp³-hybridized carbons (Fsp3) is 0.333. The topological polar surface area (TPSA) is 50.4 Å². The quantitative estimate of drug-likeness (QED) is 0.749. The lowest BCUT2D eigenvalue weighted by molar-refractivity contribution is 0.107. The Morgan fingerprint density at radius 2 is 2.11 bits per heavy atom. The number of para-hydroxylation sites is 1. The summed E-state index contributed by atoms with van der Waals surface area (Å²) >= 11 is 3.16. The lowest BCUT2D eigenvalue weighted by atomic mass is 10.2. The van der Waals surface area contributed by atoms with Gasteiger partial charge in [-0.1, -0.05) is 35.2 Å². The minimum atomic E-state index is -0.706. The number of aliphatic hydroxyl groups is 1. The number of hydrogen-bond donors (Lipinski definition) is 1. The number of aromatic nitrogens is 3. The number of hydrogen-bond acceptors (Lipinski definition) is 5. The van der Waals surface area contributed by atoms with E-state index in [-0.39, 0.29) is 0 Å². The van der Waals surface area contributed by atoms with Crippen LogP contribution >= 0.6 is 23.1 Å². The van der Waals surface area contributed by atoms with Crippen molar-refractivity contribution in [3.63, 3.8) is 0 Å². The van der Waals surface area contributed by atoms with E-state index in [2.05, 4.69) is 26.7 Å². The van der Waals surface area contributed by atoms with Crippen LogP contribution in [-0.2, 0) is 0 Å². The average Bonchev–Trinajstić information content (AvgIpc) is 2.83. The van der Waals surface area contributed by atoms with Crippen LogP contribution in [0.1, 0.15) is 13.8 Å². The molecule has 0 aliphatic rings. The van der Waals surface area contributed by atoms with Crippen LogP contribution in [0.3, 0.4) is 0 Å². The van der Waals surface area contributed by atoms with E-state index in [1.54, 1.807) is 25.2 Å². The highest BCUT2D eigenvalue weighted by atomic mass is 32.2. The second-order valence-corrected chi connectivity index (χ2v) is 6.72. The molecule has 0 aliphatic heterocycles. The van der Waals surface area contributed by atoms with Crippen molar-refractivity contribution in [2.75, 3.05) is 5.75 Å². The van der Waals surface area contributed by atoms with E-state index < -0.39 is 5.60 Å². The highest BCUT2D eigenvalue weighted by Gasteiger charge is 2.17. The Hall–Kier alpha value is -1.11. The van der Waals surface area contributed by atoms with E-state index in [1.165, 1.54) is 16.5 Å². The lowest BCUT2D eigenvalue weighted by Crippen LogP contribution is -2.21. The Morgan fingerprint density at radius 1 is 1.33 bits per heavy atom. The van der Waals surface area contributed by atoms with Gasteiger partial charge in [-0.3, -0.25) is 4.40 Å². The monoisotopic (exact) mass is 279 g/mol. The van der Waals surface area contributed by atoms with Crippen LogP contribution < -0.4 is 0 Å². The maximum absolute atomic E-state index is 9.78. The molecule has 94 valence electrons. The number of rotatable bonds is 3. The molecule has 0 fully saturated rings. The third-order valence-electron chi connectivity index (χ3n) is 2.47. The molecular formula is C12H13N3OS2. The molecule has 18 heavy (non-hydrogen) atoms. The van der Waals surface area contributed by atoms with Gasteiger partial charge in [-0.25, -0.2) is 0 Å². The van der Waals surface area contributed by atoms with Gasteiger partial charge < -0.3 is 5.11 Å². The average molecular weight is 279 g/mol. The molecule has 4 nitrogen and oxygen atoms in total. The van der Waals surface area contributed by atoms with Gasteiger partial charge in [0, 0.05) is 5.75 Å². The van der Waals surface area contributed by atoms with Crippen molar-refractivity contribution >= 4 is 38.3 Å². The van der Waals surface area contributed by atoms with Gasteiger partial charge in [-0.05, 0) is 26.0 Å². The summed E-state index contributed by atoms with van der Waals surface area (Å²) in [6.45, 7) is 3.59. The summed E-state index contributed by atoms with van der Waals surface area (Å²) in [4.78, 5) is 0.898. The van der Waals surface area contributed by atoms with Crippen molar-refractivity contribution in [1.82, 2.24) is 14.6 Å². The van der Waals surface area contributed by atoms with Gasteiger partial charge in [-0.2, -0.15) is 0 Å². The molecule has 0 saturated carbocycles. The Balaban J connectivity index is 2.07. The second-order valence-electron chi connectivity index (χ2n) is 4.77. The first-order chi connectivity index (χ1) is 8.54. The summed E-state index contributed by atoms with van der Waals surface area (Å²) in [7, 11) is 0. The van der Waals surface area contributed by atoms with Gasteiger partial charge in [0.1, 0.15) is 0 Å². The van der Waals surface area contributed by atoms with Crippen molar-refractivity contribution < 1.29 is 5.11 Å². The maximum Gasteiger partial charge on any atom is 0.217 e. The van der Waals surface area contributed by atoms with Crippen LogP contribution in [0, 0.1) is 0 Å². The van der Waals surface area contributed by atoms with Crippen LogP contribution in [0.5, 0.6) is 0 Å². The Bertz CT molecular complexity index is 696. The molecule has 0 spiro atoms. The molecule has 0 atom stereocenters. The zero-order chi connectivity index (χ0) is 12.8. The molecule has 3 rings (SSSR count). The predicted molar refractivity (Wildman–Crippen MR) is 75.4 cm³/mol. The smallest absolute Gasteiger partial charge is 0.217 e. The maximum atomic E-state index is 9.78. The fourth-order valence-electron chi connectivity index (χ4n) is 1.69. The molecule has 0 amide bonds. The molecule has 6 heteroatoms. The number of nitrogens with zero attached hydrogens (tertiary/aromatic N) is 3. The molecule has 0 saturated heterocycles. The molecule has 0 unspecified atom stereocenters. The summed E-state index contributed by atoms with van der Waals surface area (Å²) in [6.07, 6.45) is 0. The summed E-state index contributed by atoms with van der Waals surface area (Å²) in [5, 5.41) is 19.0. The fourth-order valence-corrected chi connectivity index (χ4v) is 3.61. The molecule has 0 radical (unpaired) electrons. The third kappa shape index (κ3) is 2.11. The minimum Gasteiger partial charge on any atom is -0.390 e. The molecule has 0 bridgehead atoms. The standard InChI is InChI=1S/C12H13N3OS2/c1-12(2,16)7-17-10-13-14-11-15(10)8-5-3-4-6-9(8)18-11/h3-6,16H,7H2,1-2H3. The molecule has 1 N–H and O–H groups in total. The van der Waals surface area contributed by atoms with Gasteiger partial charge in [-0.15, -0.1) is 10.2 Å². The SMILES string of the molecule is CC(C)(O)CSc1nnc2sc3ccccc3n12. The largest absolute Gasteiger partial charge is 0.390 e. The van der Waals surface area contributed by atoms with Crippen LogP contribution in [0.15, 0.2) is 29.4 Å². The first kappa shape index (κ1) is 12.0. The minimum absolute atomic E-state index is 0.595. The van der Waals surface area contributed by atoms with Crippen molar-refractivity contribution in [3.05, 3.63) is 24.3 Å². The highest BCUT2D eigenvalue weighted by molar-refractivity contribution is 7.99. The molecule has 1 aromatic carbocycles. The Labute approximate surface area is 113 Å². The molecular weight excluding hydrogens is 266 g/mol. The van der Waals surface area contributed by atoms with Gasteiger partial charge in [0.15, 0.2) is 5.16 Å². The van der Waals surface area contributed by atoms with Crippen molar-refractivity contribution in [2.24, 2.45) is 0 Å². The Morgan fingerprint density at radius 3 is 2.89 bits per heavy atom. The van der Waals surface area contributed by atoms with Gasteiger partial charge in [0.2, 0.25) is 4.96 Å². The molecule has 3 aromatic rings. The third-order valence-corrected chi connectivity index (χ3v) is 4.85. The number of benzene rings is 1. The van der Waals surface area contributed by atoms with Crippen molar-refractivity contribution in [2.45, 2.75) is 24.6 Å². The van der Waals surface area contributed by atoms with E-state index in [1.807, 2.05) is 12.1 Å². The van der Waals surface area contributed by atoms with E-state index in [9.17, 15) is 5.11 Å². The second kappa shape index (κ2) is 4.22. The number of thioether (sulfide) groups is 1. The zero-order valence-electron chi connectivity index (χ0n) is 10.1. The van der Waals surface area contributed by atoms with E-state index in [4.69, 9.17) is 0 Å². The van der Waals surface area contributed by atoms with Gasteiger partial charge in [0.05, 0.1) is 15.8 Å². The summed E-state index contributed by atoms with van der Waals surface area (Å²) in [6, 6.07) is 8.18. The van der Waals surface area contributed by atoms with Crippen molar-refractivity contribution in [1.29, 1.82) is 0 Å². The van der Waals surface area contributed by atoms with Gasteiger partial charge in [0.25, 0.3) is 0 Å². The summed E-state index contributed by atoms with van der Waals surface area (Å²) < 4.78 is 3.25. The van der Waals surface area contributed by atoms with Gasteiger partial charge >= 0.3 is 0 Å². The molecule has 2 aromatic heterocycles. The predicted octanol–water partition coefficient (Wildman–Crippen LogP) is 2.81. The highest BCUT2D eigenvalue weighted by Crippen LogP contribution is 2.30.